The number of amides is 1. The molecule has 146 valence electrons. The van der Waals surface area contributed by atoms with Gasteiger partial charge in [-0.3, -0.25) is 14.2 Å². The van der Waals surface area contributed by atoms with E-state index in [2.05, 4.69) is 4.98 Å². The van der Waals surface area contributed by atoms with Crippen LogP contribution in [-0.2, 0) is 4.79 Å². The molecule has 0 aliphatic carbocycles. The van der Waals surface area contributed by atoms with Gasteiger partial charge in [-0.05, 0) is 50.6 Å². The van der Waals surface area contributed by atoms with E-state index in [9.17, 15) is 14.0 Å². The maximum atomic E-state index is 14.2. The van der Waals surface area contributed by atoms with Crippen LogP contribution >= 0.6 is 11.8 Å². The zero-order chi connectivity index (χ0) is 20.3. The summed E-state index contributed by atoms with van der Waals surface area (Å²) >= 11 is 1.19. The van der Waals surface area contributed by atoms with Gasteiger partial charge in [0.25, 0.3) is 5.56 Å². The van der Waals surface area contributed by atoms with Gasteiger partial charge >= 0.3 is 0 Å². The summed E-state index contributed by atoms with van der Waals surface area (Å²) in [5, 5.41) is 0.815. The van der Waals surface area contributed by atoms with Crippen molar-refractivity contribution in [2.24, 2.45) is 0 Å². The van der Waals surface area contributed by atoms with E-state index in [-0.39, 0.29) is 17.2 Å². The molecule has 0 fully saturated rings. The van der Waals surface area contributed by atoms with Crippen LogP contribution < -0.4 is 5.56 Å². The molecule has 28 heavy (non-hydrogen) atoms. The SMILES string of the molecule is CCN(CC)C(=O)CSc1nc2ccccc2c(=O)n1-c1ccc(C)c(F)c1. The van der Waals surface area contributed by atoms with Crippen molar-refractivity contribution in [2.45, 2.75) is 25.9 Å². The number of carbonyl (C=O) groups excluding carboxylic acids is 1. The third kappa shape index (κ3) is 3.94. The Hall–Kier alpha value is -2.67. The number of hydrogen-bond donors (Lipinski definition) is 0. The molecule has 0 aliphatic heterocycles. The summed E-state index contributed by atoms with van der Waals surface area (Å²) in [5.41, 5.74) is 1.15. The third-order valence-electron chi connectivity index (χ3n) is 4.60. The Morgan fingerprint density at radius 2 is 1.89 bits per heavy atom. The highest BCUT2D eigenvalue weighted by Gasteiger charge is 2.17. The molecule has 5 nitrogen and oxygen atoms in total. The fraction of sp³-hybridized carbons (Fsp3) is 0.286. The highest BCUT2D eigenvalue weighted by atomic mass is 32.2. The summed E-state index contributed by atoms with van der Waals surface area (Å²) < 4.78 is 15.5. The molecular formula is C21H22FN3O2S. The number of hydrogen-bond acceptors (Lipinski definition) is 4. The lowest BCUT2D eigenvalue weighted by Crippen LogP contribution is -2.32. The molecule has 0 bridgehead atoms. The lowest BCUT2D eigenvalue weighted by atomic mass is 10.2. The highest BCUT2D eigenvalue weighted by molar-refractivity contribution is 7.99. The summed E-state index contributed by atoms with van der Waals surface area (Å²) in [6.45, 7) is 6.75. The first kappa shape index (κ1) is 20.1. The van der Waals surface area contributed by atoms with Gasteiger partial charge in [-0.1, -0.05) is 30.0 Å². The number of aromatic nitrogens is 2. The molecule has 0 saturated carbocycles. The zero-order valence-corrected chi connectivity index (χ0v) is 16.9. The van der Waals surface area contributed by atoms with E-state index in [0.29, 0.717) is 40.4 Å². The third-order valence-corrected chi connectivity index (χ3v) is 5.52. The molecule has 0 N–H and O–H groups in total. The lowest BCUT2D eigenvalue weighted by Gasteiger charge is -2.19. The average molecular weight is 399 g/mol. The Kier molecular flexibility index (Phi) is 6.14. The molecule has 0 radical (unpaired) electrons. The number of thioether (sulfide) groups is 1. The number of benzene rings is 2. The van der Waals surface area contributed by atoms with Crippen molar-refractivity contribution in [1.82, 2.24) is 14.5 Å². The van der Waals surface area contributed by atoms with Crippen LogP contribution in [0.1, 0.15) is 19.4 Å². The summed E-state index contributed by atoms with van der Waals surface area (Å²) in [6, 6.07) is 11.7. The Morgan fingerprint density at radius 3 is 2.57 bits per heavy atom. The van der Waals surface area contributed by atoms with Crippen molar-refractivity contribution in [1.29, 1.82) is 0 Å². The maximum absolute atomic E-state index is 14.2. The maximum Gasteiger partial charge on any atom is 0.266 e. The van der Waals surface area contributed by atoms with Gasteiger partial charge in [0.05, 0.1) is 22.3 Å². The first-order valence-electron chi connectivity index (χ1n) is 9.15. The van der Waals surface area contributed by atoms with Gasteiger partial charge in [-0.2, -0.15) is 0 Å². The summed E-state index contributed by atoms with van der Waals surface area (Å²) in [5.74, 6) is -0.271. The van der Waals surface area contributed by atoms with Crippen molar-refractivity contribution in [2.75, 3.05) is 18.8 Å². The Balaban J connectivity index is 2.10. The second kappa shape index (κ2) is 8.56. The molecule has 0 spiro atoms. The number of rotatable bonds is 6. The van der Waals surface area contributed by atoms with E-state index in [4.69, 9.17) is 0 Å². The molecule has 1 heterocycles. The van der Waals surface area contributed by atoms with E-state index in [1.807, 2.05) is 13.8 Å². The molecular weight excluding hydrogens is 377 g/mol. The fourth-order valence-corrected chi connectivity index (χ4v) is 3.87. The van der Waals surface area contributed by atoms with Crippen LogP contribution in [0.3, 0.4) is 0 Å². The Bertz CT molecular complexity index is 1080. The minimum atomic E-state index is -0.396. The van der Waals surface area contributed by atoms with Gasteiger partial charge in [0, 0.05) is 13.1 Å². The molecule has 3 rings (SSSR count). The Labute approximate surface area is 167 Å². The van der Waals surface area contributed by atoms with Crippen LogP contribution in [0.4, 0.5) is 4.39 Å². The van der Waals surface area contributed by atoms with Crippen molar-refractivity contribution in [3.63, 3.8) is 0 Å². The predicted octanol–water partition coefficient (Wildman–Crippen LogP) is 3.79. The molecule has 7 heteroatoms. The average Bonchev–Trinajstić information content (AvgIpc) is 2.70. The summed E-state index contributed by atoms with van der Waals surface area (Å²) in [4.78, 5) is 31.8. The van der Waals surface area contributed by atoms with Gasteiger partial charge in [-0.25, -0.2) is 9.37 Å². The smallest absolute Gasteiger partial charge is 0.266 e. The Morgan fingerprint density at radius 1 is 1.18 bits per heavy atom. The first-order valence-corrected chi connectivity index (χ1v) is 10.1. The minimum Gasteiger partial charge on any atom is -0.343 e. The second-order valence-corrected chi connectivity index (χ2v) is 7.28. The molecule has 3 aromatic rings. The first-order chi connectivity index (χ1) is 13.5. The van der Waals surface area contributed by atoms with Gasteiger partial charge in [0.15, 0.2) is 5.16 Å². The van der Waals surface area contributed by atoms with Crippen LogP contribution in [0.5, 0.6) is 0 Å². The van der Waals surface area contributed by atoms with E-state index in [1.165, 1.54) is 22.4 Å². The number of nitrogens with zero attached hydrogens (tertiary/aromatic N) is 3. The molecule has 0 atom stereocenters. The van der Waals surface area contributed by atoms with E-state index >= 15 is 0 Å². The van der Waals surface area contributed by atoms with Crippen molar-refractivity contribution >= 4 is 28.6 Å². The number of para-hydroxylation sites is 1. The van der Waals surface area contributed by atoms with Crippen LogP contribution in [0.15, 0.2) is 52.4 Å². The number of halogens is 1. The van der Waals surface area contributed by atoms with E-state index < -0.39 is 5.82 Å². The van der Waals surface area contributed by atoms with Crippen LogP contribution in [0.2, 0.25) is 0 Å². The second-order valence-electron chi connectivity index (χ2n) is 6.34. The summed E-state index contributed by atoms with van der Waals surface area (Å²) in [6.07, 6.45) is 0. The molecule has 2 aromatic carbocycles. The lowest BCUT2D eigenvalue weighted by molar-refractivity contribution is -0.127. The van der Waals surface area contributed by atoms with Gasteiger partial charge in [-0.15, -0.1) is 0 Å². The zero-order valence-electron chi connectivity index (χ0n) is 16.1. The van der Waals surface area contributed by atoms with Crippen molar-refractivity contribution < 1.29 is 9.18 Å². The largest absolute Gasteiger partial charge is 0.343 e. The van der Waals surface area contributed by atoms with Gasteiger partial charge < -0.3 is 4.90 Å². The molecule has 0 aliphatic rings. The fourth-order valence-electron chi connectivity index (χ4n) is 2.95. The molecule has 1 amide bonds. The standard InChI is InChI=1S/C21H22FN3O2S/c1-4-24(5-2)19(26)13-28-21-23-18-9-7-6-8-16(18)20(27)25(21)15-11-10-14(3)17(22)12-15/h6-12H,4-5,13H2,1-3H3. The topological polar surface area (TPSA) is 55.2 Å². The number of fused-ring (bicyclic) bond motifs is 1. The van der Waals surface area contributed by atoms with Gasteiger partial charge in [0.1, 0.15) is 5.82 Å². The molecule has 0 unspecified atom stereocenters. The van der Waals surface area contributed by atoms with Crippen molar-refractivity contribution in [3.8, 4) is 5.69 Å². The van der Waals surface area contributed by atoms with E-state index in [0.717, 1.165) is 0 Å². The highest BCUT2D eigenvalue weighted by Crippen LogP contribution is 2.23. The minimum absolute atomic E-state index is 0.0287. The number of carbonyl (C=O) groups is 1. The van der Waals surface area contributed by atoms with Crippen LogP contribution in [-0.4, -0.2) is 39.2 Å². The molecule has 0 saturated heterocycles. The van der Waals surface area contributed by atoms with Gasteiger partial charge in [0.2, 0.25) is 5.91 Å². The quantitative estimate of drug-likeness (QED) is 0.467. The monoisotopic (exact) mass is 399 g/mol. The normalized spacial score (nSPS) is 11.0. The summed E-state index contributed by atoms with van der Waals surface area (Å²) in [7, 11) is 0. The van der Waals surface area contributed by atoms with Crippen molar-refractivity contribution in [3.05, 3.63) is 64.2 Å². The van der Waals surface area contributed by atoms with Crippen LogP contribution in [0.25, 0.3) is 16.6 Å². The van der Waals surface area contributed by atoms with E-state index in [1.54, 1.807) is 48.2 Å². The number of aryl methyl sites for hydroxylation is 1. The predicted molar refractivity (Wildman–Crippen MR) is 111 cm³/mol. The van der Waals surface area contributed by atoms with Crippen LogP contribution in [0, 0.1) is 12.7 Å². The molecule has 1 aromatic heterocycles.